The smallest absolute Gasteiger partial charge is 0.410 e. The molecule has 4 rings (SSSR count). The summed E-state index contributed by atoms with van der Waals surface area (Å²) >= 11 is 3.35. The maximum absolute atomic E-state index is 14.5. The third kappa shape index (κ3) is 5.77. The number of pyridine rings is 1. The van der Waals surface area contributed by atoms with Crippen LogP contribution in [0.4, 0.5) is 19.9 Å². The second-order valence-corrected chi connectivity index (χ2v) is 11.4. The highest BCUT2D eigenvalue weighted by atomic mass is 127. The minimum Gasteiger partial charge on any atom is -0.444 e. The first kappa shape index (κ1) is 24.6. The first-order valence-corrected chi connectivity index (χ1v) is 12.9. The number of nitrogens with one attached hydrogen (secondary N) is 2. The zero-order valence-corrected chi connectivity index (χ0v) is 22.1. The van der Waals surface area contributed by atoms with E-state index >= 15 is 0 Å². The van der Waals surface area contributed by atoms with E-state index in [9.17, 15) is 14.0 Å². The number of rotatable bonds is 4. The van der Waals surface area contributed by atoms with Crippen LogP contribution in [0.5, 0.6) is 0 Å². The SMILES string of the molecule is CC(C)(C)OC(=O)N1CCC[C@H](NC(=O)c2c(Nc3ccc(I)cc3F)sc3ncccc23)C1. The van der Waals surface area contributed by atoms with Crippen molar-refractivity contribution in [3.05, 3.63) is 51.5 Å². The number of hydrogen-bond acceptors (Lipinski definition) is 6. The minimum absolute atomic E-state index is 0.219. The average molecular weight is 596 g/mol. The fourth-order valence-electron chi connectivity index (χ4n) is 3.80. The van der Waals surface area contributed by atoms with Crippen LogP contribution in [0, 0.1) is 9.39 Å². The molecule has 1 atom stereocenters. The van der Waals surface area contributed by atoms with Crippen molar-refractivity contribution < 1.29 is 18.7 Å². The standard InChI is InChI=1S/C24H26FIN4O3S/c1-24(2,3)33-23(32)30-11-5-6-15(13-30)28-20(31)19-16-7-4-10-27-21(16)34-22(19)29-18-9-8-14(26)12-17(18)25/h4,7-10,12,15,29H,5-6,11,13H2,1-3H3,(H,28,31)/t15-/m0/s1. The highest BCUT2D eigenvalue weighted by Gasteiger charge is 2.30. The molecule has 1 aromatic carbocycles. The number of anilines is 2. The van der Waals surface area contributed by atoms with Crippen molar-refractivity contribution in [2.45, 2.75) is 45.3 Å². The normalized spacial score (nSPS) is 16.4. The molecule has 10 heteroatoms. The van der Waals surface area contributed by atoms with Gasteiger partial charge in [0.2, 0.25) is 0 Å². The van der Waals surface area contributed by atoms with Crippen molar-refractivity contribution in [3.63, 3.8) is 0 Å². The molecule has 2 N–H and O–H groups in total. The number of carbonyl (C=O) groups is 2. The fraction of sp³-hybridized carbons (Fsp3) is 0.375. The number of thiophene rings is 1. The topological polar surface area (TPSA) is 83.6 Å². The van der Waals surface area contributed by atoms with E-state index in [1.807, 2.05) is 49.4 Å². The molecule has 1 aliphatic rings. The summed E-state index contributed by atoms with van der Waals surface area (Å²) in [6.45, 7) is 6.44. The zero-order valence-electron chi connectivity index (χ0n) is 19.2. The van der Waals surface area contributed by atoms with Crippen LogP contribution in [0.2, 0.25) is 0 Å². The molecule has 2 amide bonds. The number of amides is 2. The van der Waals surface area contributed by atoms with Crippen LogP contribution in [0.25, 0.3) is 10.2 Å². The number of benzene rings is 1. The highest BCUT2D eigenvalue weighted by Crippen LogP contribution is 2.37. The molecule has 0 aliphatic carbocycles. The molecule has 3 heterocycles. The molecular formula is C24H26FIN4O3S. The highest BCUT2D eigenvalue weighted by molar-refractivity contribution is 14.1. The predicted molar refractivity (Wildman–Crippen MR) is 140 cm³/mol. The van der Waals surface area contributed by atoms with Gasteiger partial charge in [0.25, 0.3) is 5.91 Å². The third-order valence-electron chi connectivity index (χ3n) is 5.28. The molecule has 1 aliphatic heterocycles. The number of piperidine rings is 1. The van der Waals surface area contributed by atoms with E-state index in [-0.39, 0.29) is 23.7 Å². The second-order valence-electron chi connectivity index (χ2n) is 9.15. The van der Waals surface area contributed by atoms with Gasteiger partial charge in [0, 0.05) is 34.3 Å². The maximum Gasteiger partial charge on any atom is 0.410 e. The Labute approximate surface area is 215 Å². The Balaban J connectivity index is 1.56. The lowest BCUT2D eigenvalue weighted by molar-refractivity contribution is 0.0185. The maximum atomic E-state index is 14.5. The molecule has 0 bridgehead atoms. The summed E-state index contributed by atoms with van der Waals surface area (Å²) in [6, 6.07) is 8.26. The van der Waals surface area contributed by atoms with Gasteiger partial charge in [-0.25, -0.2) is 14.2 Å². The summed E-state index contributed by atoms with van der Waals surface area (Å²) in [6.07, 6.45) is 2.79. The van der Waals surface area contributed by atoms with Crippen molar-refractivity contribution in [3.8, 4) is 0 Å². The molecule has 2 aromatic heterocycles. The summed E-state index contributed by atoms with van der Waals surface area (Å²) in [5, 5.41) is 7.36. The van der Waals surface area contributed by atoms with Crippen molar-refractivity contribution >= 4 is 66.8 Å². The van der Waals surface area contributed by atoms with Gasteiger partial charge in [0.05, 0.1) is 11.3 Å². The lowest BCUT2D eigenvalue weighted by atomic mass is 10.1. The number of halogens is 2. The minimum atomic E-state index is -0.582. The van der Waals surface area contributed by atoms with Gasteiger partial charge in [-0.15, -0.1) is 0 Å². The molecule has 7 nitrogen and oxygen atoms in total. The van der Waals surface area contributed by atoms with Crippen LogP contribution < -0.4 is 10.6 Å². The quantitative estimate of drug-likeness (QED) is 0.366. The molecule has 0 radical (unpaired) electrons. The van der Waals surface area contributed by atoms with Gasteiger partial charge in [-0.05, 0) is 86.5 Å². The molecule has 1 fully saturated rings. The Bertz CT molecular complexity index is 1230. The predicted octanol–water partition coefficient (Wildman–Crippen LogP) is 5.91. The largest absolute Gasteiger partial charge is 0.444 e. The number of ether oxygens (including phenoxy) is 1. The van der Waals surface area contributed by atoms with Crippen LogP contribution in [-0.2, 0) is 4.74 Å². The van der Waals surface area contributed by atoms with Gasteiger partial charge in [0.15, 0.2) is 0 Å². The third-order valence-corrected chi connectivity index (χ3v) is 6.98. The molecule has 0 saturated carbocycles. The summed E-state index contributed by atoms with van der Waals surface area (Å²) < 4.78 is 20.8. The number of aromatic nitrogens is 1. The van der Waals surface area contributed by atoms with Gasteiger partial charge in [-0.1, -0.05) is 11.3 Å². The number of fused-ring (bicyclic) bond motifs is 1. The van der Waals surface area contributed by atoms with Crippen molar-refractivity contribution in [1.29, 1.82) is 0 Å². The van der Waals surface area contributed by atoms with E-state index in [4.69, 9.17) is 4.74 Å². The second kappa shape index (κ2) is 10.0. The Kier molecular flexibility index (Phi) is 7.27. The molecular weight excluding hydrogens is 570 g/mol. The molecule has 34 heavy (non-hydrogen) atoms. The van der Waals surface area contributed by atoms with Crippen LogP contribution in [0.3, 0.4) is 0 Å². The van der Waals surface area contributed by atoms with E-state index in [1.165, 1.54) is 17.4 Å². The van der Waals surface area contributed by atoms with Gasteiger partial charge in [-0.3, -0.25) is 4.79 Å². The van der Waals surface area contributed by atoms with Gasteiger partial charge >= 0.3 is 6.09 Å². The molecule has 1 saturated heterocycles. The number of hydrogen-bond donors (Lipinski definition) is 2. The molecule has 0 spiro atoms. The van der Waals surface area contributed by atoms with Crippen LogP contribution >= 0.6 is 33.9 Å². The summed E-state index contributed by atoms with van der Waals surface area (Å²) in [5.74, 6) is -0.687. The molecule has 180 valence electrons. The Morgan fingerprint density at radius 2 is 2.09 bits per heavy atom. The average Bonchev–Trinajstić information content (AvgIpc) is 3.13. The zero-order chi connectivity index (χ0) is 24.5. The Hall–Kier alpha value is -2.47. The lowest BCUT2D eigenvalue weighted by Crippen LogP contribution is -2.50. The molecule has 3 aromatic rings. The Morgan fingerprint density at radius 3 is 2.82 bits per heavy atom. The van der Waals surface area contributed by atoms with Crippen LogP contribution in [-0.4, -0.2) is 46.6 Å². The van der Waals surface area contributed by atoms with Crippen LogP contribution in [0.1, 0.15) is 44.0 Å². The summed E-state index contributed by atoms with van der Waals surface area (Å²) in [5.41, 5.74) is 0.122. The first-order chi connectivity index (χ1) is 16.1. The van der Waals surface area contributed by atoms with Gasteiger partial charge in [-0.2, -0.15) is 0 Å². The van der Waals surface area contributed by atoms with Crippen molar-refractivity contribution in [1.82, 2.24) is 15.2 Å². The van der Waals surface area contributed by atoms with Gasteiger partial charge < -0.3 is 20.3 Å². The monoisotopic (exact) mass is 596 g/mol. The first-order valence-electron chi connectivity index (χ1n) is 11.0. The number of nitrogens with zero attached hydrogens (tertiary/aromatic N) is 2. The van der Waals surface area contributed by atoms with E-state index < -0.39 is 11.4 Å². The summed E-state index contributed by atoms with van der Waals surface area (Å²) in [7, 11) is 0. The van der Waals surface area contributed by atoms with Gasteiger partial charge in [0.1, 0.15) is 21.2 Å². The number of carbonyl (C=O) groups excluding carboxylic acids is 2. The number of likely N-dealkylation sites (tertiary alicyclic amines) is 1. The molecule has 0 unspecified atom stereocenters. The lowest BCUT2D eigenvalue weighted by Gasteiger charge is -2.34. The van der Waals surface area contributed by atoms with Crippen molar-refractivity contribution in [2.24, 2.45) is 0 Å². The van der Waals surface area contributed by atoms with E-state index in [2.05, 4.69) is 15.6 Å². The van der Waals surface area contributed by atoms with Crippen molar-refractivity contribution in [2.75, 3.05) is 18.4 Å². The van der Waals surface area contributed by atoms with E-state index in [0.717, 1.165) is 16.4 Å². The van der Waals surface area contributed by atoms with E-state index in [0.29, 0.717) is 33.9 Å². The van der Waals surface area contributed by atoms with E-state index in [1.54, 1.807) is 29.3 Å². The Morgan fingerprint density at radius 1 is 1.29 bits per heavy atom. The summed E-state index contributed by atoms with van der Waals surface area (Å²) in [4.78, 5) is 32.6. The fourth-order valence-corrected chi connectivity index (χ4v) is 5.31. The van der Waals surface area contributed by atoms with Crippen LogP contribution in [0.15, 0.2) is 36.5 Å².